The number of thiazole rings is 1. The number of carbonyl (C=O) groups is 1. The van der Waals surface area contributed by atoms with Gasteiger partial charge in [-0.3, -0.25) is 0 Å². The van der Waals surface area contributed by atoms with Crippen LogP contribution in [0.4, 0.5) is 10.5 Å². The van der Waals surface area contributed by atoms with Crippen LogP contribution in [-0.4, -0.2) is 21.0 Å². The third kappa shape index (κ3) is 3.76. The van der Waals surface area contributed by atoms with Crippen molar-refractivity contribution in [2.75, 3.05) is 5.32 Å². The Bertz CT molecular complexity index is 1040. The largest absolute Gasteiger partial charge is 0.337 e. The highest BCUT2D eigenvalue weighted by molar-refractivity contribution is 9.10. The molecule has 0 radical (unpaired) electrons. The van der Waals surface area contributed by atoms with Gasteiger partial charge in [0.25, 0.3) is 0 Å². The average molecular weight is 428 g/mol. The molecular formula is C18H14BrN5OS. The van der Waals surface area contributed by atoms with Gasteiger partial charge in [-0.15, -0.1) is 11.3 Å². The van der Waals surface area contributed by atoms with Gasteiger partial charge >= 0.3 is 6.03 Å². The van der Waals surface area contributed by atoms with Crippen LogP contribution < -0.4 is 10.6 Å². The van der Waals surface area contributed by atoms with E-state index in [4.69, 9.17) is 0 Å². The van der Waals surface area contributed by atoms with Crippen LogP contribution in [0.3, 0.4) is 0 Å². The van der Waals surface area contributed by atoms with Crippen molar-refractivity contribution < 1.29 is 4.79 Å². The first kappa shape index (κ1) is 16.7. The van der Waals surface area contributed by atoms with Crippen LogP contribution in [0.5, 0.6) is 0 Å². The number of hydrogen-bond acceptors (Lipinski definition) is 4. The van der Waals surface area contributed by atoms with E-state index in [0.717, 1.165) is 32.6 Å². The molecule has 2 heterocycles. The van der Waals surface area contributed by atoms with Crippen molar-refractivity contribution in [3.63, 3.8) is 0 Å². The van der Waals surface area contributed by atoms with Crippen molar-refractivity contribution in [1.29, 1.82) is 0 Å². The number of anilines is 1. The minimum atomic E-state index is -0.258. The fourth-order valence-electron chi connectivity index (χ4n) is 2.50. The van der Waals surface area contributed by atoms with Crippen LogP contribution in [0, 0.1) is 0 Å². The maximum absolute atomic E-state index is 12.1. The Kier molecular flexibility index (Phi) is 4.68. The van der Waals surface area contributed by atoms with Gasteiger partial charge in [0.1, 0.15) is 5.69 Å². The monoisotopic (exact) mass is 427 g/mol. The van der Waals surface area contributed by atoms with E-state index in [1.54, 1.807) is 5.51 Å². The first-order valence-corrected chi connectivity index (χ1v) is 9.58. The topological polar surface area (TPSA) is 82.7 Å². The number of benzene rings is 2. The van der Waals surface area contributed by atoms with E-state index in [-0.39, 0.29) is 6.03 Å². The standard InChI is InChI=1S/C18H14BrN5OS/c19-12-3-1-11(2-4-12)8-20-18(25)22-13-5-6-14-15(7-13)24-17(23-14)16-9-26-10-21-16/h1-7,9-10H,8H2,(H,23,24)(H2,20,22,25). The molecule has 0 bridgehead atoms. The predicted molar refractivity (Wildman–Crippen MR) is 107 cm³/mol. The van der Waals surface area contributed by atoms with E-state index in [9.17, 15) is 4.79 Å². The van der Waals surface area contributed by atoms with Crippen molar-refractivity contribution >= 4 is 50.0 Å². The minimum Gasteiger partial charge on any atom is -0.337 e. The molecule has 0 fully saturated rings. The number of halogens is 1. The van der Waals surface area contributed by atoms with E-state index < -0.39 is 0 Å². The summed E-state index contributed by atoms with van der Waals surface area (Å²) < 4.78 is 1.01. The molecule has 3 N–H and O–H groups in total. The van der Waals surface area contributed by atoms with E-state index in [0.29, 0.717) is 12.2 Å². The Morgan fingerprint density at radius 3 is 2.81 bits per heavy atom. The summed E-state index contributed by atoms with van der Waals surface area (Å²) in [6, 6.07) is 13.1. The lowest BCUT2D eigenvalue weighted by Crippen LogP contribution is -2.28. The maximum atomic E-state index is 12.1. The van der Waals surface area contributed by atoms with Crippen LogP contribution in [0.25, 0.3) is 22.6 Å². The van der Waals surface area contributed by atoms with Crippen LogP contribution in [0.2, 0.25) is 0 Å². The molecule has 2 amide bonds. The first-order valence-electron chi connectivity index (χ1n) is 7.85. The van der Waals surface area contributed by atoms with E-state index in [1.165, 1.54) is 11.3 Å². The number of rotatable bonds is 4. The maximum Gasteiger partial charge on any atom is 0.319 e. The van der Waals surface area contributed by atoms with Gasteiger partial charge in [-0.05, 0) is 35.9 Å². The van der Waals surface area contributed by atoms with Crippen molar-refractivity contribution in [3.05, 3.63) is 63.4 Å². The van der Waals surface area contributed by atoms with Crippen LogP contribution >= 0.6 is 27.3 Å². The zero-order valence-corrected chi connectivity index (χ0v) is 15.9. The Balaban J connectivity index is 1.43. The summed E-state index contributed by atoms with van der Waals surface area (Å²) in [6.45, 7) is 0.458. The number of amides is 2. The molecule has 0 saturated carbocycles. The number of aromatic nitrogens is 3. The van der Waals surface area contributed by atoms with Crippen LogP contribution in [0.1, 0.15) is 5.56 Å². The van der Waals surface area contributed by atoms with E-state index >= 15 is 0 Å². The quantitative estimate of drug-likeness (QED) is 0.438. The molecule has 2 aromatic carbocycles. The second-order valence-corrected chi connectivity index (χ2v) is 7.26. The second-order valence-electron chi connectivity index (χ2n) is 5.63. The van der Waals surface area contributed by atoms with Crippen molar-refractivity contribution in [1.82, 2.24) is 20.3 Å². The molecule has 8 heteroatoms. The number of imidazole rings is 1. The second kappa shape index (κ2) is 7.27. The number of hydrogen-bond donors (Lipinski definition) is 3. The molecular weight excluding hydrogens is 414 g/mol. The van der Waals surface area contributed by atoms with Gasteiger partial charge in [-0.1, -0.05) is 28.1 Å². The summed E-state index contributed by atoms with van der Waals surface area (Å²) in [5.41, 5.74) is 5.98. The van der Waals surface area contributed by atoms with Gasteiger partial charge < -0.3 is 15.6 Å². The van der Waals surface area contributed by atoms with Gasteiger partial charge in [-0.25, -0.2) is 14.8 Å². The number of nitrogens with one attached hydrogen (secondary N) is 3. The van der Waals surface area contributed by atoms with Gasteiger partial charge in [0.05, 0.1) is 16.5 Å². The summed E-state index contributed by atoms with van der Waals surface area (Å²) in [6.07, 6.45) is 0. The molecule has 0 unspecified atom stereocenters. The SMILES string of the molecule is O=C(NCc1ccc(Br)cc1)Nc1ccc2nc(-c3cscn3)[nH]c2c1. The lowest BCUT2D eigenvalue weighted by molar-refractivity contribution is 0.251. The molecule has 0 aliphatic rings. The molecule has 2 aromatic heterocycles. The molecule has 4 rings (SSSR count). The van der Waals surface area contributed by atoms with Gasteiger partial charge in [0.2, 0.25) is 0 Å². The van der Waals surface area contributed by atoms with E-state index in [1.807, 2.05) is 47.8 Å². The summed E-state index contributed by atoms with van der Waals surface area (Å²) in [7, 11) is 0. The third-order valence-electron chi connectivity index (χ3n) is 3.78. The summed E-state index contributed by atoms with van der Waals surface area (Å²) in [5, 5.41) is 7.62. The number of fused-ring (bicyclic) bond motifs is 1. The normalized spacial score (nSPS) is 10.8. The fourth-order valence-corrected chi connectivity index (χ4v) is 3.30. The average Bonchev–Trinajstić information content (AvgIpc) is 3.30. The zero-order chi connectivity index (χ0) is 17.9. The fraction of sp³-hybridized carbons (Fsp3) is 0.0556. The van der Waals surface area contributed by atoms with Crippen molar-refractivity contribution in [2.24, 2.45) is 0 Å². The van der Waals surface area contributed by atoms with E-state index in [2.05, 4.69) is 41.5 Å². The summed E-state index contributed by atoms with van der Waals surface area (Å²) in [5.74, 6) is 0.720. The zero-order valence-electron chi connectivity index (χ0n) is 13.5. The highest BCUT2D eigenvalue weighted by Crippen LogP contribution is 2.22. The first-order chi connectivity index (χ1) is 12.7. The molecule has 6 nitrogen and oxygen atoms in total. The Morgan fingerprint density at radius 2 is 2.04 bits per heavy atom. The van der Waals surface area contributed by atoms with Gasteiger partial charge in [0.15, 0.2) is 5.82 Å². The van der Waals surface area contributed by atoms with Crippen molar-refractivity contribution in [3.8, 4) is 11.5 Å². The molecule has 0 aliphatic carbocycles. The molecule has 4 aromatic rings. The number of aromatic amines is 1. The lowest BCUT2D eigenvalue weighted by atomic mass is 10.2. The highest BCUT2D eigenvalue weighted by atomic mass is 79.9. The Morgan fingerprint density at radius 1 is 1.19 bits per heavy atom. The third-order valence-corrected chi connectivity index (χ3v) is 4.90. The molecule has 0 spiro atoms. The molecule has 0 saturated heterocycles. The molecule has 26 heavy (non-hydrogen) atoms. The highest BCUT2D eigenvalue weighted by Gasteiger charge is 2.08. The molecule has 0 aliphatic heterocycles. The Hall–Kier alpha value is -2.71. The smallest absolute Gasteiger partial charge is 0.319 e. The summed E-state index contributed by atoms with van der Waals surface area (Å²) >= 11 is 4.91. The summed E-state index contributed by atoms with van der Waals surface area (Å²) in [4.78, 5) is 24.1. The van der Waals surface area contributed by atoms with Crippen LogP contribution in [0.15, 0.2) is 57.8 Å². The number of H-pyrrole nitrogens is 1. The Labute approximate surface area is 161 Å². The van der Waals surface area contributed by atoms with Gasteiger partial charge in [-0.2, -0.15) is 0 Å². The molecule has 0 atom stereocenters. The number of nitrogens with zero attached hydrogens (tertiary/aromatic N) is 2. The number of carbonyl (C=O) groups excluding carboxylic acids is 1. The lowest BCUT2D eigenvalue weighted by Gasteiger charge is -2.08. The van der Waals surface area contributed by atoms with Crippen molar-refractivity contribution in [2.45, 2.75) is 6.54 Å². The van der Waals surface area contributed by atoms with Crippen LogP contribution in [-0.2, 0) is 6.54 Å². The molecule has 130 valence electrons. The van der Waals surface area contributed by atoms with Gasteiger partial charge in [0, 0.05) is 22.1 Å². The number of urea groups is 1. The minimum absolute atomic E-state index is 0.258. The predicted octanol–water partition coefficient (Wildman–Crippen LogP) is 4.77.